The Labute approximate surface area is 162 Å². The quantitative estimate of drug-likeness (QED) is 0.548. The lowest BCUT2D eigenvalue weighted by molar-refractivity contribution is -0.157. The number of aliphatic hydroxyl groups excluding tert-OH is 1. The second kappa shape index (κ2) is 6.83. The summed E-state index contributed by atoms with van der Waals surface area (Å²) in [7, 11) is -2.34. The normalized spacial score (nSPS) is 36.1. The third kappa shape index (κ3) is 3.81. The van der Waals surface area contributed by atoms with Crippen molar-refractivity contribution >= 4 is 14.4 Å². The lowest BCUT2D eigenvalue weighted by atomic mass is 9.75. The number of amides is 1. The van der Waals surface area contributed by atoms with Gasteiger partial charge in [-0.25, -0.2) is 9.18 Å². The van der Waals surface area contributed by atoms with Crippen molar-refractivity contribution in [2.75, 3.05) is 19.6 Å². The Morgan fingerprint density at radius 1 is 1.44 bits per heavy atom. The van der Waals surface area contributed by atoms with Crippen LogP contribution in [-0.2, 0) is 9.16 Å². The van der Waals surface area contributed by atoms with E-state index in [9.17, 15) is 9.90 Å². The topological polar surface area (TPSA) is 71.0 Å². The van der Waals surface area contributed by atoms with Crippen molar-refractivity contribution in [3.8, 4) is 0 Å². The van der Waals surface area contributed by atoms with E-state index in [0.29, 0.717) is 0 Å². The van der Waals surface area contributed by atoms with Crippen molar-refractivity contribution < 1.29 is 23.5 Å². The van der Waals surface area contributed by atoms with Gasteiger partial charge in [-0.05, 0) is 24.6 Å². The second-order valence-corrected chi connectivity index (χ2v) is 14.4. The highest BCUT2D eigenvalue weighted by atomic mass is 28.4. The van der Waals surface area contributed by atoms with E-state index < -0.39 is 38.0 Å². The summed E-state index contributed by atoms with van der Waals surface area (Å²) >= 11 is 0. The van der Waals surface area contributed by atoms with Gasteiger partial charge in [0.2, 0.25) is 5.85 Å². The van der Waals surface area contributed by atoms with Crippen LogP contribution in [0, 0.1) is 0 Å². The van der Waals surface area contributed by atoms with Gasteiger partial charge in [-0.3, -0.25) is 4.90 Å². The number of aliphatic hydroxyl groups is 1. The van der Waals surface area contributed by atoms with Crippen molar-refractivity contribution in [3.63, 3.8) is 0 Å². The van der Waals surface area contributed by atoms with Gasteiger partial charge < -0.3 is 19.6 Å². The minimum Gasteiger partial charge on any atom is -0.441 e. The first kappa shape index (κ1) is 20.8. The van der Waals surface area contributed by atoms with E-state index in [-0.39, 0.29) is 24.4 Å². The van der Waals surface area contributed by atoms with E-state index in [4.69, 9.17) is 9.16 Å². The molecule has 0 aromatic rings. The zero-order valence-electron chi connectivity index (χ0n) is 17.0. The number of nitrogens with one attached hydrogen (secondary N) is 1. The Morgan fingerprint density at radius 2 is 2.11 bits per heavy atom. The van der Waals surface area contributed by atoms with Gasteiger partial charge >= 0.3 is 6.09 Å². The standard InChI is InChI=1S/C19H33FN2O4Si/c1-17(2,3)27(4,5)26-19(20)9-6-8-18(13-19,22-10-7-11-22)15(23)14-12-21-16(24)25-14/h6,8,14-15,23H,7,9-13H2,1-5H3,(H,21,24). The maximum atomic E-state index is 16.0. The van der Waals surface area contributed by atoms with Crippen LogP contribution in [0.25, 0.3) is 0 Å². The highest BCUT2D eigenvalue weighted by Gasteiger charge is 2.57. The van der Waals surface area contributed by atoms with Crippen molar-refractivity contribution in [3.05, 3.63) is 12.2 Å². The van der Waals surface area contributed by atoms with E-state index in [0.717, 1.165) is 19.5 Å². The number of carbonyl (C=O) groups is 1. The molecule has 1 aliphatic carbocycles. The fourth-order valence-corrected chi connectivity index (χ4v) is 5.30. The molecule has 3 rings (SSSR count). The summed E-state index contributed by atoms with van der Waals surface area (Å²) in [6.45, 7) is 12.1. The molecule has 27 heavy (non-hydrogen) atoms. The molecule has 2 aliphatic heterocycles. The summed E-state index contributed by atoms with van der Waals surface area (Å²) in [4.78, 5) is 13.5. The molecule has 154 valence electrons. The SMILES string of the molecule is CC(C)(C)[Si](C)(C)OC1(F)CC=CC(C(O)C2CNC(=O)O2)(N2CCC2)C1. The fourth-order valence-electron chi connectivity index (χ4n) is 3.92. The predicted molar refractivity (Wildman–Crippen MR) is 104 cm³/mol. The van der Waals surface area contributed by atoms with Gasteiger partial charge in [-0.1, -0.05) is 32.9 Å². The maximum absolute atomic E-state index is 16.0. The average Bonchev–Trinajstić information content (AvgIpc) is 2.88. The third-order valence-corrected chi connectivity index (χ3v) is 11.1. The van der Waals surface area contributed by atoms with Crippen LogP contribution in [0.3, 0.4) is 0 Å². The molecule has 4 unspecified atom stereocenters. The lowest BCUT2D eigenvalue weighted by Crippen LogP contribution is -2.67. The molecule has 4 atom stereocenters. The molecule has 1 amide bonds. The zero-order chi connectivity index (χ0) is 20.1. The first-order chi connectivity index (χ1) is 12.4. The molecule has 0 aromatic heterocycles. The van der Waals surface area contributed by atoms with Crippen LogP contribution >= 0.6 is 0 Å². The summed E-state index contributed by atoms with van der Waals surface area (Å²) in [6, 6.07) is 0. The van der Waals surface area contributed by atoms with E-state index >= 15 is 4.39 Å². The zero-order valence-corrected chi connectivity index (χ0v) is 18.0. The van der Waals surface area contributed by atoms with Gasteiger partial charge in [0.15, 0.2) is 8.32 Å². The molecule has 0 bridgehead atoms. The number of nitrogens with zero attached hydrogens (tertiary/aromatic N) is 1. The number of rotatable bonds is 5. The first-order valence-electron chi connectivity index (χ1n) is 9.83. The molecule has 8 heteroatoms. The minimum absolute atomic E-state index is 0.0399. The Hall–Kier alpha value is -0.963. The lowest BCUT2D eigenvalue weighted by Gasteiger charge is -2.55. The van der Waals surface area contributed by atoms with Crippen LogP contribution < -0.4 is 5.32 Å². The number of halogens is 1. The van der Waals surface area contributed by atoms with Gasteiger partial charge in [0, 0.05) is 25.9 Å². The largest absolute Gasteiger partial charge is 0.441 e. The van der Waals surface area contributed by atoms with Crippen LogP contribution in [0.5, 0.6) is 0 Å². The number of alkyl halides is 1. The summed E-state index contributed by atoms with van der Waals surface area (Å²) < 4.78 is 27.5. The number of likely N-dealkylation sites (tertiary alicyclic amines) is 1. The molecule has 2 saturated heterocycles. The van der Waals surface area contributed by atoms with E-state index in [1.54, 1.807) is 6.08 Å². The Kier molecular flexibility index (Phi) is 5.25. The summed E-state index contributed by atoms with van der Waals surface area (Å²) in [6.07, 6.45) is 2.64. The average molecular weight is 401 g/mol. The molecule has 2 N–H and O–H groups in total. The Balaban J connectivity index is 1.87. The van der Waals surface area contributed by atoms with Crippen molar-refractivity contribution in [2.24, 2.45) is 0 Å². The summed E-state index contributed by atoms with van der Waals surface area (Å²) in [5.74, 6) is -1.84. The van der Waals surface area contributed by atoms with Crippen molar-refractivity contribution in [1.82, 2.24) is 10.2 Å². The number of ether oxygens (including phenoxy) is 1. The molecule has 0 radical (unpaired) electrons. The minimum atomic E-state index is -2.34. The van der Waals surface area contributed by atoms with Crippen LogP contribution in [0.2, 0.25) is 18.1 Å². The third-order valence-electron chi connectivity index (χ3n) is 6.64. The van der Waals surface area contributed by atoms with Gasteiger partial charge in [-0.2, -0.15) is 0 Å². The summed E-state index contributed by atoms with van der Waals surface area (Å²) in [5.41, 5.74) is -0.926. The van der Waals surface area contributed by atoms with E-state index in [1.165, 1.54) is 0 Å². The van der Waals surface area contributed by atoms with Crippen molar-refractivity contribution in [1.29, 1.82) is 0 Å². The second-order valence-electron chi connectivity index (χ2n) is 9.63. The number of carbonyl (C=O) groups excluding carboxylic acids is 1. The van der Waals surface area contributed by atoms with Gasteiger partial charge in [-0.15, -0.1) is 0 Å². The van der Waals surface area contributed by atoms with Gasteiger partial charge in [0.1, 0.15) is 12.2 Å². The number of hydrogen-bond acceptors (Lipinski definition) is 5. The fraction of sp³-hybridized carbons (Fsp3) is 0.842. The van der Waals surface area contributed by atoms with E-state index in [2.05, 4.69) is 31.0 Å². The van der Waals surface area contributed by atoms with Crippen LogP contribution in [0.4, 0.5) is 9.18 Å². The Morgan fingerprint density at radius 3 is 2.59 bits per heavy atom. The molecule has 0 aromatic carbocycles. The van der Waals surface area contributed by atoms with Crippen LogP contribution in [0.15, 0.2) is 12.2 Å². The summed E-state index contributed by atoms with van der Waals surface area (Å²) in [5, 5.41) is 13.6. The van der Waals surface area contributed by atoms with E-state index in [1.807, 2.05) is 19.2 Å². The number of hydrogen-bond donors (Lipinski definition) is 2. The van der Waals surface area contributed by atoms with Crippen LogP contribution in [-0.4, -0.2) is 67.7 Å². The molecule has 0 saturated carbocycles. The maximum Gasteiger partial charge on any atom is 0.407 e. The van der Waals surface area contributed by atoms with Crippen molar-refractivity contribution in [2.45, 2.75) is 81.8 Å². The smallest absolute Gasteiger partial charge is 0.407 e. The van der Waals surface area contributed by atoms with Crippen LogP contribution in [0.1, 0.15) is 40.0 Å². The monoisotopic (exact) mass is 400 g/mol. The predicted octanol–water partition coefficient (Wildman–Crippen LogP) is 2.94. The highest BCUT2D eigenvalue weighted by molar-refractivity contribution is 6.74. The Bertz CT molecular complexity index is 619. The molecule has 2 heterocycles. The number of cyclic esters (lactones) is 1. The van der Waals surface area contributed by atoms with Gasteiger partial charge in [0.05, 0.1) is 12.1 Å². The van der Waals surface area contributed by atoms with Gasteiger partial charge in [0.25, 0.3) is 0 Å². The first-order valence-corrected chi connectivity index (χ1v) is 12.7. The molecule has 2 fully saturated rings. The number of alkyl carbamates (subject to hydrolysis) is 1. The molecule has 0 spiro atoms. The molecule has 3 aliphatic rings. The molecular weight excluding hydrogens is 367 g/mol. The molecule has 6 nitrogen and oxygen atoms in total. The molecular formula is C19H33FN2O4Si. The highest BCUT2D eigenvalue weighted by Crippen LogP contribution is 2.47.